The van der Waals surface area contributed by atoms with Crippen molar-refractivity contribution in [3.63, 3.8) is 0 Å². The van der Waals surface area contributed by atoms with E-state index in [1.54, 1.807) is 6.92 Å². The molecule has 4 rings (SSSR count). The Morgan fingerprint density at radius 3 is 2.45 bits per heavy atom. The minimum atomic E-state index is -0.620. The number of amides is 1. The highest BCUT2D eigenvalue weighted by Crippen LogP contribution is 2.33. The number of aromatic amines is 1. The fourth-order valence-corrected chi connectivity index (χ4v) is 4.47. The molecule has 2 unspecified atom stereocenters. The lowest BCUT2D eigenvalue weighted by molar-refractivity contribution is 0.0913. The van der Waals surface area contributed by atoms with Crippen molar-refractivity contribution in [2.75, 3.05) is 0 Å². The molecule has 1 aliphatic rings. The highest BCUT2D eigenvalue weighted by atomic mass is 16.5. The van der Waals surface area contributed by atoms with E-state index in [9.17, 15) is 14.4 Å². The Labute approximate surface area is 192 Å². The van der Waals surface area contributed by atoms with Crippen molar-refractivity contribution in [3.05, 3.63) is 98.3 Å². The monoisotopic (exact) mass is 447 g/mol. The second kappa shape index (κ2) is 10.3. The minimum absolute atomic E-state index is 0.0458. The molecule has 1 aliphatic carbocycles. The van der Waals surface area contributed by atoms with Crippen molar-refractivity contribution in [3.8, 4) is 5.75 Å². The molecule has 1 fully saturated rings. The normalized spacial score (nSPS) is 18.0. The summed E-state index contributed by atoms with van der Waals surface area (Å²) in [7, 11) is 0. The van der Waals surface area contributed by atoms with Crippen molar-refractivity contribution >= 4 is 5.91 Å². The summed E-state index contributed by atoms with van der Waals surface area (Å²) >= 11 is 0. The zero-order valence-corrected chi connectivity index (χ0v) is 18.8. The number of rotatable bonds is 7. The molecule has 172 valence electrons. The molecule has 7 nitrogen and oxygen atoms in total. The molecular weight excluding hydrogens is 418 g/mol. The molecule has 1 aromatic heterocycles. The Morgan fingerprint density at radius 1 is 1.06 bits per heavy atom. The summed E-state index contributed by atoms with van der Waals surface area (Å²) in [4.78, 5) is 41.1. The Bertz CT molecular complexity index is 1200. The van der Waals surface area contributed by atoms with Crippen LogP contribution in [0.25, 0.3) is 0 Å². The first-order chi connectivity index (χ1) is 16.1. The molecule has 1 amide bonds. The Morgan fingerprint density at radius 2 is 1.76 bits per heavy atom. The summed E-state index contributed by atoms with van der Waals surface area (Å²) in [6.07, 6.45) is 3.73. The lowest BCUT2D eigenvalue weighted by atomic mass is 9.81. The summed E-state index contributed by atoms with van der Waals surface area (Å²) in [5, 5.41) is 3.03. The maximum absolute atomic E-state index is 13.2. The standard InChI is InChI=1S/C26H29N3O4/c1-2-29-25(31)23(33-17-18-10-5-3-6-11-18)22(28-26(29)32)24(30)27-21-15-9-14-20(16-21)19-12-7-4-8-13-19/h3-8,10-13,20-21H,2,9,14-17H2,1H3,(H,27,30)(H,28,32). The van der Waals surface area contributed by atoms with Crippen molar-refractivity contribution in [1.82, 2.24) is 14.9 Å². The van der Waals surface area contributed by atoms with Gasteiger partial charge in [0.2, 0.25) is 5.75 Å². The maximum atomic E-state index is 13.2. The van der Waals surface area contributed by atoms with Gasteiger partial charge in [0.25, 0.3) is 11.5 Å². The van der Waals surface area contributed by atoms with Crippen molar-refractivity contribution in [2.45, 2.75) is 57.7 Å². The molecular formula is C26H29N3O4. The summed E-state index contributed by atoms with van der Waals surface area (Å²) in [6, 6.07) is 19.6. The van der Waals surface area contributed by atoms with Gasteiger partial charge in [0.15, 0.2) is 5.69 Å². The number of hydrogen-bond donors (Lipinski definition) is 2. The van der Waals surface area contributed by atoms with Gasteiger partial charge in [-0.3, -0.25) is 19.1 Å². The third-order valence-electron chi connectivity index (χ3n) is 6.19. The van der Waals surface area contributed by atoms with E-state index in [0.29, 0.717) is 5.92 Å². The van der Waals surface area contributed by atoms with Gasteiger partial charge in [-0.05, 0) is 43.2 Å². The number of ether oxygens (including phenoxy) is 1. The van der Waals surface area contributed by atoms with E-state index in [4.69, 9.17) is 4.74 Å². The van der Waals surface area contributed by atoms with E-state index < -0.39 is 17.2 Å². The van der Waals surface area contributed by atoms with Crippen molar-refractivity contribution in [2.24, 2.45) is 0 Å². The van der Waals surface area contributed by atoms with E-state index in [-0.39, 0.29) is 30.6 Å². The van der Waals surface area contributed by atoms with Gasteiger partial charge >= 0.3 is 5.69 Å². The molecule has 7 heteroatoms. The fourth-order valence-electron chi connectivity index (χ4n) is 4.47. The molecule has 0 saturated heterocycles. The van der Waals surface area contributed by atoms with E-state index in [1.807, 2.05) is 48.5 Å². The molecule has 2 aromatic carbocycles. The van der Waals surface area contributed by atoms with E-state index >= 15 is 0 Å². The molecule has 0 spiro atoms. The molecule has 33 heavy (non-hydrogen) atoms. The third kappa shape index (κ3) is 5.25. The molecule has 1 saturated carbocycles. The van der Waals surface area contributed by atoms with Crippen LogP contribution in [-0.2, 0) is 13.2 Å². The molecule has 0 radical (unpaired) electrons. The van der Waals surface area contributed by atoms with Crippen LogP contribution in [0.2, 0.25) is 0 Å². The van der Waals surface area contributed by atoms with Crippen LogP contribution in [0.15, 0.2) is 70.3 Å². The predicted octanol–water partition coefficient (Wildman–Crippen LogP) is 3.59. The largest absolute Gasteiger partial charge is 0.481 e. The van der Waals surface area contributed by atoms with E-state index in [1.165, 1.54) is 5.56 Å². The first-order valence-electron chi connectivity index (χ1n) is 11.5. The van der Waals surface area contributed by atoms with Gasteiger partial charge in [0.05, 0.1) is 0 Å². The zero-order chi connectivity index (χ0) is 23.2. The second-order valence-corrected chi connectivity index (χ2v) is 8.40. The average Bonchev–Trinajstić information content (AvgIpc) is 2.85. The summed E-state index contributed by atoms with van der Waals surface area (Å²) in [5.74, 6) is -0.256. The first-order valence-corrected chi connectivity index (χ1v) is 11.5. The Balaban J connectivity index is 1.56. The van der Waals surface area contributed by atoms with Gasteiger partial charge in [-0.15, -0.1) is 0 Å². The lowest BCUT2D eigenvalue weighted by Gasteiger charge is -2.30. The van der Waals surface area contributed by atoms with Gasteiger partial charge in [0, 0.05) is 12.6 Å². The van der Waals surface area contributed by atoms with Gasteiger partial charge in [-0.1, -0.05) is 67.1 Å². The van der Waals surface area contributed by atoms with E-state index in [0.717, 1.165) is 35.8 Å². The third-order valence-corrected chi connectivity index (χ3v) is 6.19. The van der Waals surface area contributed by atoms with Crippen LogP contribution in [0, 0.1) is 0 Å². The van der Waals surface area contributed by atoms with Crippen molar-refractivity contribution in [1.29, 1.82) is 0 Å². The average molecular weight is 448 g/mol. The highest BCUT2D eigenvalue weighted by Gasteiger charge is 2.27. The Kier molecular flexibility index (Phi) is 7.07. The molecule has 2 N–H and O–H groups in total. The van der Waals surface area contributed by atoms with Crippen LogP contribution in [0.1, 0.15) is 60.1 Å². The zero-order valence-electron chi connectivity index (χ0n) is 18.8. The SMILES string of the molecule is CCn1c(=O)[nH]c(C(=O)NC2CCCC(c3ccccc3)C2)c(OCc2ccccc2)c1=O. The second-order valence-electron chi connectivity index (χ2n) is 8.40. The number of H-pyrrole nitrogens is 1. The number of hydrogen-bond acceptors (Lipinski definition) is 4. The van der Waals surface area contributed by atoms with E-state index in [2.05, 4.69) is 22.4 Å². The van der Waals surface area contributed by atoms with Crippen LogP contribution in [0.5, 0.6) is 5.75 Å². The predicted molar refractivity (Wildman–Crippen MR) is 127 cm³/mol. The first kappa shape index (κ1) is 22.6. The topological polar surface area (TPSA) is 93.2 Å². The van der Waals surface area contributed by atoms with Crippen LogP contribution in [0.4, 0.5) is 0 Å². The number of nitrogens with one attached hydrogen (secondary N) is 2. The van der Waals surface area contributed by atoms with Crippen LogP contribution in [0.3, 0.4) is 0 Å². The number of aromatic nitrogens is 2. The quantitative estimate of drug-likeness (QED) is 0.579. The van der Waals surface area contributed by atoms with Crippen LogP contribution in [-0.4, -0.2) is 21.5 Å². The summed E-state index contributed by atoms with van der Waals surface area (Å²) in [6.45, 7) is 1.99. The molecule has 3 aromatic rings. The Hall–Kier alpha value is -3.61. The van der Waals surface area contributed by atoms with Gasteiger partial charge in [0.1, 0.15) is 6.61 Å². The highest BCUT2D eigenvalue weighted by molar-refractivity contribution is 5.94. The lowest BCUT2D eigenvalue weighted by Crippen LogP contribution is -2.42. The molecule has 0 aliphatic heterocycles. The van der Waals surface area contributed by atoms with Gasteiger partial charge < -0.3 is 10.1 Å². The smallest absolute Gasteiger partial charge is 0.329 e. The number of nitrogens with zero attached hydrogens (tertiary/aromatic N) is 1. The number of carbonyl (C=O) groups is 1. The van der Waals surface area contributed by atoms with Crippen molar-refractivity contribution < 1.29 is 9.53 Å². The minimum Gasteiger partial charge on any atom is -0.481 e. The molecule has 1 heterocycles. The van der Waals surface area contributed by atoms with Crippen LogP contribution < -0.4 is 21.3 Å². The number of carbonyl (C=O) groups excluding carboxylic acids is 1. The van der Waals surface area contributed by atoms with Gasteiger partial charge in [-0.25, -0.2) is 4.79 Å². The summed E-state index contributed by atoms with van der Waals surface area (Å²) in [5.41, 5.74) is 0.781. The maximum Gasteiger partial charge on any atom is 0.329 e. The molecule has 0 bridgehead atoms. The summed E-state index contributed by atoms with van der Waals surface area (Å²) < 4.78 is 6.82. The molecule has 2 atom stereocenters. The van der Waals surface area contributed by atoms with Gasteiger partial charge in [-0.2, -0.15) is 0 Å². The fraction of sp³-hybridized carbons (Fsp3) is 0.346. The van der Waals surface area contributed by atoms with Crippen LogP contribution >= 0.6 is 0 Å². The number of benzene rings is 2.